The number of hydrogen-bond donors (Lipinski definition) is 0. The zero-order valence-electron chi connectivity index (χ0n) is 21.3. The summed E-state index contributed by atoms with van der Waals surface area (Å²) in [7, 11) is 0. The molecule has 0 saturated carbocycles. The molecule has 2 nitrogen and oxygen atoms in total. The third-order valence-electron chi connectivity index (χ3n) is 8.04. The van der Waals surface area contributed by atoms with Gasteiger partial charge in [0.1, 0.15) is 0 Å². The quantitative estimate of drug-likeness (QED) is 0.244. The summed E-state index contributed by atoms with van der Waals surface area (Å²) in [6.45, 7) is 0. The lowest BCUT2D eigenvalue weighted by atomic mass is 9.88. The normalized spacial score (nSPS) is 12.5. The van der Waals surface area contributed by atoms with Gasteiger partial charge in [0.2, 0.25) is 0 Å². The maximum absolute atomic E-state index is 4.73. The zero-order chi connectivity index (χ0) is 25.8. The van der Waals surface area contributed by atoms with Crippen molar-refractivity contribution in [2.75, 3.05) is 0 Å². The van der Waals surface area contributed by atoms with Crippen LogP contribution in [0, 0.1) is 0 Å². The van der Waals surface area contributed by atoms with Gasteiger partial charge in [-0.05, 0) is 63.2 Å². The van der Waals surface area contributed by atoms with Gasteiger partial charge >= 0.3 is 0 Å². The van der Waals surface area contributed by atoms with E-state index in [0.717, 1.165) is 32.9 Å². The third kappa shape index (κ3) is 3.49. The summed E-state index contributed by atoms with van der Waals surface area (Å²) < 4.78 is 0. The minimum Gasteiger partial charge on any atom is -0.256 e. The topological polar surface area (TPSA) is 25.8 Å². The fraction of sp³-hybridized carbons (Fsp3) is 0.0270. The first-order valence-electron chi connectivity index (χ1n) is 13.4. The molecule has 0 spiro atoms. The van der Waals surface area contributed by atoms with E-state index in [0.29, 0.717) is 0 Å². The van der Waals surface area contributed by atoms with E-state index in [1.165, 1.54) is 38.9 Å². The van der Waals surface area contributed by atoms with E-state index in [-0.39, 0.29) is 5.92 Å². The number of aromatic nitrogens is 2. The summed E-state index contributed by atoms with van der Waals surface area (Å²) in [5, 5.41) is 2.31. The van der Waals surface area contributed by atoms with E-state index in [1.807, 2.05) is 24.5 Å². The Morgan fingerprint density at radius 2 is 0.923 bits per heavy atom. The van der Waals surface area contributed by atoms with Crippen LogP contribution in [0.1, 0.15) is 22.6 Å². The van der Waals surface area contributed by atoms with Gasteiger partial charge in [0, 0.05) is 40.2 Å². The van der Waals surface area contributed by atoms with E-state index in [2.05, 4.69) is 115 Å². The summed E-state index contributed by atoms with van der Waals surface area (Å²) in [6, 6.07) is 45.9. The maximum Gasteiger partial charge on any atom is 0.0780 e. The summed E-state index contributed by atoms with van der Waals surface area (Å²) >= 11 is 0. The highest BCUT2D eigenvalue weighted by atomic mass is 14.7. The van der Waals surface area contributed by atoms with Crippen molar-refractivity contribution in [3.05, 3.63) is 156 Å². The van der Waals surface area contributed by atoms with Crippen molar-refractivity contribution in [3.63, 3.8) is 0 Å². The Bertz CT molecular complexity index is 1880. The van der Waals surface area contributed by atoms with E-state index in [1.54, 1.807) is 0 Å². The van der Waals surface area contributed by atoms with Crippen molar-refractivity contribution < 1.29 is 0 Å². The molecule has 0 unspecified atom stereocenters. The van der Waals surface area contributed by atoms with Crippen LogP contribution in [-0.2, 0) is 0 Å². The van der Waals surface area contributed by atoms with Crippen LogP contribution in [0.3, 0.4) is 0 Å². The number of para-hydroxylation sites is 2. The molecular formula is C37H24N2. The molecule has 0 bridgehead atoms. The molecule has 1 aliphatic rings. The van der Waals surface area contributed by atoms with Crippen LogP contribution < -0.4 is 0 Å². The largest absolute Gasteiger partial charge is 0.256 e. The van der Waals surface area contributed by atoms with Crippen LogP contribution >= 0.6 is 0 Å². The van der Waals surface area contributed by atoms with Crippen molar-refractivity contribution in [1.29, 1.82) is 0 Å². The smallest absolute Gasteiger partial charge is 0.0780 e. The average molecular weight is 497 g/mol. The molecule has 0 N–H and O–H groups in total. The second kappa shape index (κ2) is 8.75. The predicted molar refractivity (Wildman–Crippen MR) is 161 cm³/mol. The van der Waals surface area contributed by atoms with Gasteiger partial charge in [-0.2, -0.15) is 0 Å². The Kier molecular flexibility index (Phi) is 4.92. The van der Waals surface area contributed by atoms with Crippen LogP contribution in [0.5, 0.6) is 0 Å². The molecule has 0 saturated heterocycles. The van der Waals surface area contributed by atoms with Crippen LogP contribution in [0.4, 0.5) is 0 Å². The minimum atomic E-state index is 0.204. The molecule has 1 aliphatic carbocycles. The number of fused-ring (bicyclic) bond motifs is 5. The first-order valence-corrected chi connectivity index (χ1v) is 13.4. The van der Waals surface area contributed by atoms with Crippen LogP contribution in [0.25, 0.3) is 55.2 Å². The van der Waals surface area contributed by atoms with E-state index >= 15 is 0 Å². The summed E-state index contributed by atoms with van der Waals surface area (Å²) in [5.41, 5.74) is 13.4. The Hall–Kier alpha value is -5.08. The zero-order valence-corrected chi connectivity index (χ0v) is 21.3. The molecule has 0 radical (unpaired) electrons. The Labute approximate surface area is 227 Å². The first-order chi connectivity index (χ1) is 19.3. The molecule has 5 aromatic carbocycles. The molecule has 0 fully saturated rings. The van der Waals surface area contributed by atoms with Crippen LogP contribution in [-0.4, -0.2) is 9.97 Å². The minimum absolute atomic E-state index is 0.204. The highest BCUT2D eigenvalue weighted by Gasteiger charge is 2.30. The lowest BCUT2D eigenvalue weighted by Gasteiger charge is -2.15. The van der Waals surface area contributed by atoms with Gasteiger partial charge in [-0.1, -0.05) is 103 Å². The Balaban J connectivity index is 1.36. The highest BCUT2D eigenvalue weighted by Crippen LogP contribution is 2.50. The molecule has 0 amide bonds. The monoisotopic (exact) mass is 496 g/mol. The van der Waals surface area contributed by atoms with Gasteiger partial charge in [0.25, 0.3) is 0 Å². The van der Waals surface area contributed by atoms with Gasteiger partial charge in [-0.3, -0.25) is 9.97 Å². The van der Waals surface area contributed by atoms with E-state index in [9.17, 15) is 0 Å². The second-order valence-electron chi connectivity index (χ2n) is 10.2. The van der Waals surface area contributed by atoms with Gasteiger partial charge in [-0.15, -0.1) is 0 Å². The molecule has 8 rings (SSSR count). The van der Waals surface area contributed by atoms with E-state index < -0.39 is 0 Å². The van der Waals surface area contributed by atoms with Crippen molar-refractivity contribution in [2.24, 2.45) is 0 Å². The molecule has 182 valence electrons. The molecule has 2 heterocycles. The fourth-order valence-electron chi connectivity index (χ4n) is 6.26. The fourth-order valence-corrected chi connectivity index (χ4v) is 6.26. The highest BCUT2D eigenvalue weighted by molar-refractivity contribution is 5.97. The van der Waals surface area contributed by atoms with Crippen LogP contribution in [0.2, 0.25) is 0 Å². The maximum atomic E-state index is 4.73. The molecule has 0 atom stereocenters. The lowest BCUT2D eigenvalue weighted by molar-refractivity contribution is 1.02. The molecule has 2 heteroatoms. The standard InChI is InChI=1S/C37H24N2/c1-2-8-24(9-3-1)35-31-18-16-27(29-14-4-10-25-12-6-20-38-36(25)29)22-33(31)34-23-28(17-19-32(34)35)30-15-5-11-26-13-7-21-39-37(26)30/h1-23,35H. The molecule has 7 aromatic rings. The van der Waals surface area contributed by atoms with Crippen molar-refractivity contribution >= 4 is 21.8 Å². The summed E-state index contributed by atoms with van der Waals surface area (Å²) in [5.74, 6) is 0.204. The average Bonchev–Trinajstić information content (AvgIpc) is 3.34. The summed E-state index contributed by atoms with van der Waals surface area (Å²) in [6.07, 6.45) is 3.76. The number of nitrogens with zero attached hydrogens (tertiary/aromatic N) is 2. The first kappa shape index (κ1) is 22.0. The van der Waals surface area contributed by atoms with Crippen molar-refractivity contribution in [3.8, 4) is 33.4 Å². The van der Waals surface area contributed by atoms with Gasteiger partial charge in [0.15, 0.2) is 0 Å². The van der Waals surface area contributed by atoms with E-state index in [4.69, 9.17) is 9.97 Å². The third-order valence-corrected chi connectivity index (χ3v) is 8.04. The van der Waals surface area contributed by atoms with Crippen molar-refractivity contribution in [2.45, 2.75) is 5.92 Å². The molecule has 2 aromatic heterocycles. The number of benzene rings is 5. The Morgan fingerprint density at radius 3 is 1.46 bits per heavy atom. The predicted octanol–water partition coefficient (Wildman–Crippen LogP) is 9.28. The van der Waals surface area contributed by atoms with Crippen LogP contribution in [0.15, 0.2) is 140 Å². The lowest BCUT2D eigenvalue weighted by Crippen LogP contribution is -1.99. The SMILES string of the molecule is c1ccc(C2c3ccc(-c4cccc5cccnc45)cc3-c3cc(-c4cccc5cccnc45)ccc32)cc1. The number of pyridine rings is 2. The molecular weight excluding hydrogens is 472 g/mol. The number of hydrogen-bond acceptors (Lipinski definition) is 2. The summed E-state index contributed by atoms with van der Waals surface area (Å²) in [4.78, 5) is 9.47. The molecule has 0 aliphatic heterocycles. The second-order valence-corrected chi connectivity index (χ2v) is 10.2. The Morgan fingerprint density at radius 1 is 0.410 bits per heavy atom. The van der Waals surface area contributed by atoms with Gasteiger partial charge < -0.3 is 0 Å². The van der Waals surface area contributed by atoms with Crippen molar-refractivity contribution in [1.82, 2.24) is 9.97 Å². The molecule has 39 heavy (non-hydrogen) atoms. The number of rotatable bonds is 3. The van der Waals surface area contributed by atoms with Gasteiger partial charge in [-0.25, -0.2) is 0 Å². The van der Waals surface area contributed by atoms with Gasteiger partial charge in [0.05, 0.1) is 11.0 Å².